The molecular formula is C15H31N3Ti. The quantitative estimate of drug-likeness (QED) is 0.401. The first-order chi connectivity index (χ1) is 8.57. The Kier molecular flexibility index (Phi) is 161. The molecular weight excluding hydrogens is 270 g/mol. The van der Waals surface area contributed by atoms with Gasteiger partial charge in [0.1, 0.15) is 0 Å². The molecule has 0 bridgehead atoms. The third kappa shape index (κ3) is 651. The number of rotatable bonds is 2. The molecule has 0 N–H and O–H groups in total. The Morgan fingerprint density at radius 1 is 0.789 bits per heavy atom. The molecule has 0 rings (SSSR count). The van der Waals surface area contributed by atoms with Crippen molar-refractivity contribution in [1.82, 2.24) is 0 Å². The van der Waals surface area contributed by atoms with E-state index in [9.17, 15) is 0 Å². The van der Waals surface area contributed by atoms with Crippen molar-refractivity contribution >= 4 is 0 Å². The van der Waals surface area contributed by atoms with Gasteiger partial charge in [-0.1, -0.05) is 32.2 Å². The van der Waals surface area contributed by atoms with E-state index in [2.05, 4.69) is 29.1 Å². The number of nitrogens with zero attached hydrogens (tertiary/aromatic N) is 3. The Morgan fingerprint density at radius 2 is 1.00 bits per heavy atom. The van der Waals surface area contributed by atoms with Gasteiger partial charge in [0.25, 0.3) is 0 Å². The van der Waals surface area contributed by atoms with Gasteiger partial charge in [0, 0.05) is 0 Å². The SMILES string of the molecule is C=CC=C.C[N-]C.C[N-]C.C[N-]C.[CH-]=CC=CC.[Ti+4]. The van der Waals surface area contributed by atoms with Crippen molar-refractivity contribution in [3.63, 3.8) is 0 Å². The van der Waals surface area contributed by atoms with Crippen LogP contribution >= 0.6 is 0 Å². The average Bonchev–Trinajstić information content (AvgIpc) is 2.33. The van der Waals surface area contributed by atoms with E-state index in [0.717, 1.165) is 0 Å². The maximum Gasteiger partial charge on any atom is 4.00 e. The minimum atomic E-state index is 0. The molecule has 0 spiro atoms. The molecule has 3 nitrogen and oxygen atoms in total. The van der Waals surface area contributed by atoms with E-state index in [4.69, 9.17) is 6.58 Å². The molecule has 0 saturated heterocycles. The van der Waals surface area contributed by atoms with Crippen LogP contribution < -0.4 is 0 Å². The van der Waals surface area contributed by atoms with E-state index < -0.39 is 0 Å². The van der Waals surface area contributed by atoms with Crippen LogP contribution in [-0.4, -0.2) is 42.3 Å². The second-order valence-corrected chi connectivity index (χ2v) is 2.53. The topological polar surface area (TPSA) is 42.3 Å². The molecule has 0 amide bonds. The third-order valence-corrected chi connectivity index (χ3v) is 0.470. The van der Waals surface area contributed by atoms with Gasteiger partial charge >= 0.3 is 21.7 Å². The van der Waals surface area contributed by atoms with Crippen LogP contribution in [0.25, 0.3) is 16.0 Å². The molecule has 0 fully saturated rings. The van der Waals surface area contributed by atoms with E-state index in [1.165, 1.54) is 6.08 Å². The Balaban J connectivity index is -0.0000000280. The smallest absolute Gasteiger partial charge is 0.668 e. The first-order valence-electron chi connectivity index (χ1n) is 5.41. The minimum Gasteiger partial charge on any atom is -0.668 e. The number of hydrogen-bond donors (Lipinski definition) is 0. The Bertz CT molecular complexity index is 136. The van der Waals surface area contributed by atoms with E-state index in [0.29, 0.717) is 0 Å². The van der Waals surface area contributed by atoms with E-state index >= 15 is 0 Å². The summed E-state index contributed by atoms with van der Waals surface area (Å²) in [5, 5.41) is 10.5. The minimum absolute atomic E-state index is 0. The van der Waals surface area contributed by atoms with Crippen molar-refractivity contribution in [2.24, 2.45) is 0 Å². The fraction of sp³-hybridized carbons (Fsp3) is 0.467. The van der Waals surface area contributed by atoms with Gasteiger partial charge in [0.15, 0.2) is 0 Å². The monoisotopic (exact) mass is 301 g/mol. The molecule has 0 aliphatic carbocycles. The van der Waals surface area contributed by atoms with Crippen LogP contribution in [0.15, 0.2) is 43.5 Å². The Labute approximate surface area is 137 Å². The van der Waals surface area contributed by atoms with Crippen molar-refractivity contribution in [2.75, 3.05) is 42.3 Å². The van der Waals surface area contributed by atoms with Gasteiger partial charge in [-0.2, -0.15) is 48.4 Å². The maximum absolute atomic E-state index is 4.93. The molecule has 0 aliphatic rings. The van der Waals surface area contributed by atoms with E-state index in [1.807, 2.05) is 13.0 Å². The van der Waals surface area contributed by atoms with Gasteiger partial charge in [-0.25, -0.2) is 12.2 Å². The normalized spacial score (nSPS) is 6.26. The Hall–Kier alpha value is -0.446. The van der Waals surface area contributed by atoms with Crippen LogP contribution in [0.5, 0.6) is 0 Å². The number of allylic oxidation sites excluding steroid dienone is 5. The first kappa shape index (κ1) is 36.3. The van der Waals surface area contributed by atoms with Crippen molar-refractivity contribution in [3.8, 4) is 0 Å². The van der Waals surface area contributed by atoms with Gasteiger partial charge in [-0.05, 0) is 0 Å². The first-order valence-corrected chi connectivity index (χ1v) is 5.41. The molecule has 0 atom stereocenters. The number of hydrogen-bond acceptors (Lipinski definition) is 0. The summed E-state index contributed by atoms with van der Waals surface area (Å²) in [5.41, 5.74) is 0. The summed E-state index contributed by atoms with van der Waals surface area (Å²) in [6.07, 6.45) is 8.43. The molecule has 0 aromatic rings. The predicted molar refractivity (Wildman–Crippen MR) is 89.7 cm³/mol. The molecule has 4 heteroatoms. The summed E-state index contributed by atoms with van der Waals surface area (Å²) >= 11 is 0. The van der Waals surface area contributed by atoms with Gasteiger partial charge < -0.3 is 16.0 Å². The molecule has 110 valence electrons. The molecule has 0 aliphatic heterocycles. The van der Waals surface area contributed by atoms with Gasteiger partial charge in [0.2, 0.25) is 0 Å². The summed E-state index contributed by atoms with van der Waals surface area (Å²) in [6, 6.07) is 0. The molecule has 0 aromatic carbocycles. The van der Waals surface area contributed by atoms with Crippen LogP contribution in [0, 0.1) is 6.58 Å². The zero-order valence-corrected chi connectivity index (χ0v) is 15.3. The van der Waals surface area contributed by atoms with Crippen molar-refractivity contribution < 1.29 is 21.7 Å². The third-order valence-electron chi connectivity index (χ3n) is 0.470. The van der Waals surface area contributed by atoms with Crippen LogP contribution in [0.4, 0.5) is 0 Å². The van der Waals surface area contributed by atoms with Crippen molar-refractivity contribution in [2.45, 2.75) is 6.92 Å². The van der Waals surface area contributed by atoms with Gasteiger partial charge in [-0.15, -0.1) is 0 Å². The fourth-order valence-electron chi connectivity index (χ4n) is 0.111. The average molecular weight is 301 g/mol. The molecule has 0 radical (unpaired) electrons. The van der Waals surface area contributed by atoms with Crippen LogP contribution in [0.1, 0.15) is 6.92 Å². The summed E-state index contributed by atoms with van der Waals surface area (Å²) < 4.78 is 0. The van der Waals surface area contributed by atoms with Gasteiger partial charge in [0.05, 0.1) is 0 Å². The zero-order valence-electron chi connectivity index (χ0n) is 13.7. The summed E-state index contributed by atoms with van der Waals surface area (Å²) in [4.78, 5) is 0. The standard InChI is InChI=1S/C5H7.C4H6.3C2H6N.Ti/c1-3-5-4-2;1-3-4-2;3*1-3-2;/h1,3-5H,2H3;3-4H,1-2H2;3*1-2H3;/q-1;;3*-1;+4. The zero-order chi connectivity index (χ0) is 15.7. The molecule has 19 heavy (non-hydrogen) atoms. The van der Waals surface area contributed by atoms with Crippen molar-refractivity contribution in [1.29, 1.82) is 0 Å². The van der Waals surface area contributed by atoms with Crippen LogP contribution in [-0.2, 0) is 21.7 Å². The Morgan fingerprint density at radius 3 is 1.00 bits per heavy atom. The van der Waals surface area contributed by atoms with Gasteiger partial charge in [-0.3, -0.25) is 6.58 Å². The molecule has 0 saturated carbocycles. The second kappa shape index (κ2) is 84.3. The van der Waals surface area contributed by atoms with Crippen molar-refractivity contribution in [3.05, 3.63) is 66.1 Å². The van der Waals surface area contributed by atoms with E-state index in [-0.39, 0.29) is 21.7 Å². The summed E-state index contributed by atoms with van der Waals surface area (Å²) in [7, 11) is 10.5. The molecule has 0 aromatic heterocycles. The maximum atomic E-state index is 4.93. The second-order valence-electron chi connectivity index (χ2n) is 2.53. The predicted octanol–water partition coefficient (Wildman–Crippen LogP) is 4.77. The largest absolute Gasteiger partial charge is 4.00 e. The fourth-order valence-corrected chi connectivity index (χ4v) is 0.111. The summed E-state index contributed by atoms with van der Waals surface area (Å²) in [6.45, 7) is 13.6. The molecule has 0 unspecified atom stereocenters. The van der Waals surface area contributed by atoms with Crippen LogP contribution in [0.2, 0.25) is 0 Å². The summed E-state index contributed by atoms with van der Waals surface area (Å²) in [5.74, 6) is 0. The molecule has 0 heterocycles. The van der Waals surface area contributed by atoms with E-state index in [1.54, 1.807) is 60.5 Å². The van der Waals surface area contributed by atoms with Crippen LogP contribution in [0.3, 0.4) is 0 Å².